The minimum Gasteiger partial charge on any atom is -0.451 e. The maximum atomic E-state index is 12.6. The number of carbonyl (C=O) groups excluding carboxylic acids is 4. The number of likely N-dealkylation sites (tertiary alicyclic amines) is 1. The Morgan fingerprint density at radius 3 is 2.17 bits per heavy atom. The van der Waals surface area contributed by atoms with Crippen molar-refractivity contribution < 1.29 is 23.9 Å². The minimum atomic E-state index is -1.06. The van der Waals surface area contributed by atoms with Gasteiger partial charge in [-0.2, -0.15) is 0 Å². The third-order valence-electron chi connectivity index (χ3n) is 5.52. The number of hydrogen-bond acceptors (Lipinski definition) is 5. The summed E-state index contributed by atoms with van der Waals surface area (Å²) < 4.78 is 5.23. The molecule has 2 aliphatic rings. The van der Waals surface area contributed by atoms with Crippen LogP contribution < -0.4 is 5.32 Å². The van der Waals surface area contributed by atoms with Crippen molar-refractivity contribution in [3.8, 4) is 0 Å². The quantitative estimate of drug-likeness (QED) is 0.449. The zero-order valence-corrected chi connectivity index (χ0v) is 16.9. The topological polar surface area (TPSA) is 92.8 Å². The van der Waals surface area contributed by atoms with Crippen molar-refractivity contribution in [2.75, 3.05) is 0 Å². The molecule has 7 heteroatoms. The van der Waals surface area contributed by atoms with Crippen LogP contribution in [0.2, 0.25) is 0 Å². The first-order chi connectivity index (χ1) is 13.8. The second kappa shape index (κ2) is 8.59. The summed E-state index contributed by atoms with van der Waals surface area (Å²) in [5.74, 6) is -2.70. The molecular formula is C22H26N2O5. The van der Waals surface area contributed by atoms with Gasteiger partial charge >= 0.3 is 5.97 Å². The molecule has 7 nitrogen and oxygen atoms in total. The summed E-state index contributed by atoms with van der Waals surface area (Å²) in [6, 6.07) is 6.65. The average Bonchev–Trinajstić information content (AvgIpc) is 2.97. The van der Waals surface area contributed by atoms with E-state index >= 15 is 0 Å². The van der Waals surface area contributed by atoms with E-state index in [1.165, 1.54) is 13.8 Å². The third kappa shape index (κ3) is 4.39. The van der Waals surface area contributed by atoms with Crippen molar-refractivity contribution in [1.82, 2.24) is 10.2 Å². The number of allylic oxidation sites excluding steroid dienone is 2. The van der Waals surface area contributed by atoms with E-state index in [1.54, 1.807) is 0 Å². The van der Waals surface area contributed by atoms with Crippen LogP contribution >= 0.6 is 0 Å². The predicted octanol–water partition coefficient (Wildman–Crippen LogP) is 1.88. The van der Waals surface area contributed by atoms with Gasteiger partial charge in [0.05, 0.1) is 11.8 Å². The van der Waals surface area contributed by atoms with Gasteiger partial charge in [0, 0.05) is 6.54 Å². The van der Waals surface area contributed by atoms with Crippen molar-refractivity contribution >= 4 is 23.7 Å². The van der Waals surface area contributed by atoms with Crippen LogP contribution in [0.4, 0.5) is 0 Å². The van der Waals surface area contributed by atoms with Gasteiger partial charge < -0.3 is 10.1 Å². The highest BCUT2D eigenvalue weighted by Crippen LogP contribution is 2.36. The molecule has 0 radical (unpaired) electrons. The fourth-order valence-corrected chi connectivity index (χ4v) is 3.68. The van der Waals surface area contributed by atoms with Gasteiger partial charge in [0.15, 0.2) is 6.10 Å². The van der Waals surface area contributed by atoms with E-state index in [0.717, 1.165) is 16.0 Å². The fourth-order valence-electron chi connectivity index (χ4n) is 3.68. The number of rotatable bonds is 6. The lowest BCUT2D eigenvalue weighted by molar-refractivity contribution is -0.164. The Kier molecular flexibility index (Phi) is 6.15. The predicted molar refractivity (Wildman–Crippen MR) is 105 cm³/mol. The largest absolute Gasteiger partial charge is 0.451 e. The Bertz CT molecular complexity index is 819. The normalized spacial score (nSPS) is 22.8. The first kappa shape index (κ1) is 20.8. The number of nitrogens with zero attached hydrogens (tertiary/aromatic N) is 1. The van der Waals surface area contributed by atoms with Crippen LogP contribution in [0.15, 0.2) is 36.4 Å². The van der Waals surface area contributed by atoms with Crippen LogP contribution in [0.3, 0.4) is 0 Å². The van der Waals surface area contributed by atoms with E-state index in [0.29, 0.717) is 19.4 Å². The Labute approximate surface area is 170 Å². The van der Waals surface area contributed by atoms with Crippen LogP contribution in [0.5, 0.6) is 0 Å². The molecule has 1 N–H and O–H groups in total. The highest BCUT2D eigenvalue weighted by molar-refractivity contribution is 6.08. The molecule has 1 aromatic rings. The maximum Gasteiger partial charge on any atom is 0.329 e. The summed E-state index contributed by atoms with van der Waals surface area (Å²) in [6.07, 6.45) is 3.75. The number of ether oxygens (including phenoxy) is 1. The van der Waals surface area contributed by atoms with Crippen LogP contribution in [0, 0.1) is 18.8 Å². The summed E-state index contributed by atoms with van der Waals surface area (Å²) in [5, 5.41) is 2.72. The molecule has 4 atom stereocenters. The van der Waals surface area contributed by atoms with Crippen molar-refractivity contribution in [2.45, 2.75) is 52.3 Å². The fraction of sp³-hybridized carbons (Fsp3) is 0.455. The van der Waals surface area contributed by atoms with Gasteiger partial charge in [0.25, 0.3) is 5.91 Å². The van der Waals surface area contributed by atoms with E-state index in [1.807, 2.05) is 43.3 Å². The van der Waals surface area contributed by atoms with E-state index in [9.17, 15) is 19.2 Å². The number of nitrogens with one attached hydrogen (secondary N) is 1. The Balaban J connectivity index is 1.54. The van der Waals surface area contributed by atoms with Crippen LogP contribution in [0.1, 0.15) is 37.8 Å². The van der Waals surface area contributed by atoms with Crippen LogP contribution in [-0.4, -0.2) is 40.7 Å². The average molecular weight is 398 g/mol. The molecule has 0 saturated carbocycles. The maximum absolute atomic E-state index is 12.6. The van der Waals surface area contributed by atoms with Crippen LogP contribution in [-0.2, 0) is 30.5 Å². The summed E-state index contributed by atoms with van der Waals surface area (Å²) >= 11 is 0. The SMILES string of the molecule is Cc1ccc(CNC(=O)[C@H](C)OC(=O)[C@H](C)N2C(=O)[C@H]3CC=CC[C@H]3C2=O)cc1. The second-order valence-electron chi connectivity index (χ2n) is 7.66. The van der Waals surface area contributed by atoms with E-state index < -0.39 is 35.9 Å². The number of benzene rings is 1. The van der Waals surface area contributed by atoms with Crippen molar-refractivity contribution in [3.63, 3.8) is 0 Å². The minimum absolute atomic E-state index is 0.315. The lowest BCUT2D eigenvalue weighted by Gasteiger charge is -2.23. The smallest absolute Gasteiger partial charge is 0.329 e. The standard InChI is InChI=1S/C22H26N2O5/c1-13-8-10-16(11-9-13)12-23-19(25)15(3)29-22(28)14(2)24-20(26)17-6-4-5-7-18(17)21(24)27/h4-5,8-11,14-15,17-18H,6-7,12H2,1-3H3,(H,23,25)/t14-,15-,17-,18+/m0/s1. The third-order valence-corrected chi connectivity index (χ3v) is 5.52. The summed E-state index contributed by atoms with van der Waals surface area (Å²) in [4.78, 5) is 50.9. The van der Waals surface area contributed by atoms with Crippen LogP contribution in [0.25, 0.3) is 0 Å². The van der Waals surface area contributed by atoms with Gasteiger partial charge in [-0.3, -0.25) is 19.3 Å². The van der Waals surface area contributed by atoms with Crippen molar-refractivity contribution in [1.29, 1.82) is 0 Å². The lowest BCUT2D eigenvalue weighted by atomic mass is 9.85. The van der Waals surface area contributed by atoms with E-state index in [2.05, 4.69) is 5.32 Å². The monoisotopic (exact) mass is 398 g/mol. The zero-order valence-electron chi connectivity index (χ0n) is 16.9. The number of esters is 1. The molecule has 3 amide bonds. The molecule has 1 aliphatic carbocycles. The summed E-state index contributed by atoms with van der Waals surface area (Å²) in [5.41, 5.74) is 2.05. The Morgan fingerprint density at radius 1 is 1.07 bits per heavy atom. The number of carbonyl (C=O) groups is 4. The molecule has 0 bridgehead atoms. The lowest BCUT2D eigenvalue weighted by Crippen LogP contribution is -2.46. The van der Waals surface area contributed by atoms with Gasteiger partial charge in [-0.1, -0.05) is 42.0 Å². The molecule has 0 unspecified atom stereocenters. The van der Waals surface area contributed by atoms with Crippen molar-refractivity contribution in [2.24, 2.45) is 11.8 Å². The number of aryl methyl sites for hydroxylation is 1. The molecule has 1 heterocycles. The molecule has 3 rings (SSSR count). The molecular weight excluding hydrogens is 372 g/mol. The summed E-state index contributed by atoms with van der Waals surface area (Å²) in [6.45, 7) is 5.22. The van der Waals surface area contributed by atoms with Gasteiger partial charge in [-0.15, -0.1) is 0 Å². The molecule has 0 aromatic heterocycles. The van der Waals surface area contributed by atoms with E-state index in [4.69, 9.17) is 4.74 Å². The highest BCUT2D eigenvalue weighted by Gasteiger charge is 2.50. The number of amides is 3. The van der Waals surface area contributed by atoms with Gasteiger partial charge in [0.1, 0.15) is 6.04 Å². The molecule has 1 aromatic carbocycles. The molecule has 29 heavy (non-hydrogen) atoms. The first-order valence-electron chi connectivity index (χ1n) is 9.85. The number of imide groups is 1. The first-order valence-corrected chi connectivity index (χ1v) is 9.85. The van der Waals surface area contributed by atoms with Gasteiger partial charge in [-0.05, 0) is 39.2 Å². The number of fused-ring (bicyclic) bond motifs is 1. The van der Waals surface area contributed by atoms with Gasteiger partial charge in [0.2, 0.25) is 11.8 Å². The Hall–Kier alpha value is -2.96. The highest BCUT2D eigenvalue weighted by atomic mass is 16.5. The molecule has 1 fully saturated rings. The molecule has 1 aliphatic heterocycles. The van der Waals surface area contributed by atoms with Crippen molar-refractivity contribution in [3.05, 3.63) is 47.5 Å². The second-order valence-corrected chi connectivity index (χ2v) is 7.66. The Morgan fingerprint density at radius 2 is 1.62 bits per heavy atom. The summed E-state index contributed by atoms with van der Waals surface area (Å²) in [7, 11) is 0. The van der Waals surface area contributed by atoms with E-state index in [-0.39, 0.29) is 11.8 Å². The number of hydrogen-bond donors (Lipinski definition) is 1. The zero-order chi connectivity index (χ0) is 21.1. The molecule has 1 saturated heterocycles. The van der Waals surface area contributed by atoms with Gasteiger partial charge in [-0.25, -0.2) is 4.79 Å². The molecule has 154 valence electrons. The molecule has 0 spiro atoms.